The van der Waals surface area contributed by atoms with Gasteiger partial charge in [-0.3, -0.25) is 0 Å². The van der Waals surface area contributed by atoms with Gasteiger partial charge in [-0.25, -0.2) is 4.68 Å². The van der Waals surface area contributed by atoms with Crippen molar-refractivity contribution in [3.63, 3.8) is 0 Å². The number of alkyl halides is 1. The summed E-state index contributed by atoms with van der Waals surface area (Å²) in [5.41, 5.74) is 4.18. The Hall–Kier alpha value is -0.320. The summed E-state index contributed by atoms with van der Waals surface area (Å²) in [6.07, 6.45) is 0. The molecule has 17 heavy (non-hydrogen) atoms. The molecule has 0 saturated heterocycles. The van der Waals surface area contributed by atoms with Crippen molar-refractivity contribution in [1.82, 2.24) is 9.78 Å². The lowest BCUT2D eigenvalue weighted by molar-refractivity contribution is 0.832. The standard InChI is InChI=1S/C12H11Br2ClN2/c1-7-12(14)8(2)17(16-7)10-4-3-9(6-15)11(13)5-10/h3-5H,6H2,1-2H3. The fourth-order valence-corrected chi connectivity index (χ4v) is 2.80. The second-order valence-corrected chi connectivity index (χ2v) is 5.72. The minimum Gasteiger partial charge on any atom is -0.237 e. The van der Waals surface area contributed by atoms with Crippen LogP contribution in [-0.2, 0) is 5.88 Å². The third-order valence-electron chi connectivity index (χ3n) is 2.63. The molecule has 5 heteroatoms. The highest BCUT2D eigenvalue weighted by atomic mass is 79.9. The van der Waals surface area contributed by atoms with E-state index in [0.717, 1.165) is 31.6 Å². The Morgan fingerprint density at radius 3 is 2.47 bits per heavy atom. The Morgan fingerprint density at radius 2 is 2.00 bits per heavy atom. The van der Waals surface area contributed by atoms with Gasteiger partial charge in [0.25, 0.3) is 0 Å². The number of aromatic nitrogens is 2. The maximum Gasteiger partial charge on any atom is 0.0743 e. The summed E-state index contributed by atoms with van der Waals surface area (Å²) in [7, 11) is 0. The fraction of sp³-hybridized carbons (Fsp3) is 0.250. The zero-order valence-corrected chi connectivity index (χ0v) is 13.4. The number of nitrogens with zero attached hydrogens (tertiary/aromatic N) is 2. The summed E-state index contributed by atoms with van der Waals surface area (Å²) < 4.78 is 3.98. The Balaban J connectivity index is 2.53. The van der Waals surface area contributed by atoms with Crippen LogP contribution in [0.3, 0.4) is 0 Å². The van der Waals surface area contributed by atoms with Crippen LogP contribution in [0.15, 0.2) is 27.1 Å². The fourth-order valence-electron chi connectivity index (χ4n) is 1.65. The smallest absolute Gasteiger partial charge is 0.0743 e. The van der Waals surface area contributed by atoms with Crippen molar-refractivity contribution in [2.24, 2.45) is 0 Å². The first kappa shape index (κ1) is 13.1. The molecular weight excluding hydrogens is 367 g/mol. The van der Waals surface area contributed by atoms with Gasteiger partial charge in [0.15, 0.2) is 0 Å². The molecule has 2 rings (SSSR count). The van der Waals surface area contributed by atoms with Crippen molar-refractivity contribution in [3.8, 4) is 5.69 Å². The third-order valence-corrected chi connectivity index (χ3v) is 4.80. The summed E-state index contributed by atoms with van der Waals surface area (Å²) in [5, 5.41) is 4.49. The molecule has 1 heterocycles. The number of rotatable bonds is 2. The van der Waals surface area contributed by atoms with Gasteiger partial charge >= 0.3 is 0 Å². The van der Waals surface area contributed by atoms with Crippen molar-refractivity contribution in [2.45, 2.75) is 19.7 Å². The monoisotopic (exact) mass is 376 g/mol. The van der Waals surface area contributed by atoms with E-state index >= 15 is 0 Å². The molecule has 2 aromatic rings. The third kappa shape index (κ3) is 2.44. The average Bonchev–Trinajstić information content (AvgIpc) is 2.57. The van der Waals surface area contributed by atoms with Crippen LogP contribution in [0.25, 0.3) is 5.69 Å². The highest BCUT2D eigenvalue weighted by Gasteiger charge is 2.11. The van der Waals surface area contributed by atoms with E-state index in [1.165, 1.54) is 0 Å². The van der Waals surface area contributed by atoms with Gasteiger partial charge in [0.05, 0.1) is 21.5 Å². The maximum atomic E-state index is 5.83. The van der Waals surface area contributed by atoms with Gasteiger partial charge in [0, 0.05) is 10.4 Å². The highest BCUT2D eigenvalue weighted by molar-refractivity contribution is 9.10. The normalized spacial score (nSPS) is 10.9. The number of benzene rings is 1. The van der Waals surface area contributed by atoms with E-state index in [9.17, 15) is 0 Å². The Bertz CT molecular complexity index is 564. The van der Waals surface area contributed by atoms with Gasteiger partial charge in [-0.2, -0.15) is 5.10 Å². The van der Waals surface area contributed by atoms with Gasteiger partial charge in [0.2, 0.25) is 0 Å². The Kier molecular flexibility index (Phi) is 3.95. The van der Waals surface area contributed by atoms with Crippen LogP contribution in [0, 0.1) is 13.8 Å². The summed E-state index contributed by atoms with van der Waals surface area (Å²) >= 11 is 12.9. The second kappa shape index (κ2) is 5.12. The average molecular weight is 378 g/mol. The quantitative estimate of drug-likeness (QED) is 0.690. The molecular formula is C12H11Br2ClN2. The lowest BCUT2D eigenvalue weighted by Crippen LogP contribution is -1.99. The Morgan fingerprint density at radius 1 is 1.29 bits per heavy atom. The van der Waals surface area contributed by atoms with E-state index in [1.54, 1.807) is 0 Å². The molecule has 0 radical (unpaired) electrons. The minimum absolute atomic E-state index is 0.502. The van der Waals surface area contributed by atoms with Crippen molar-refractivity contribution in [1.29, 1.82) is 0 Å². The predicted octanol–water partition coefficient (Wildman–Crippen LogP) is 4.75. The van der Waals surface area contributed by atoms with Crippen LogP contribution in [0.4, 0.5) is 0 Å². The Labute approximate surface area is 122 Å². The SMILES string of the molecule is Cc1nn(-c2ccc(CCl)c(Br)c2)c(C)c1Br. The topological polar surface area (TPSA) is 17.8 Å². The molecule has 0 aliphatic rings. The zero-order valence-electron chi connectivity index (χ0n) is 9.47. The molecule has 1 aromatic carbocycles. The van der Waals surface area contributed by atoms with E-state index in [2.05, 4.69) is 37.0 Å². The van der Waals surface area contributed by atoms with Crippen LogP contribution in [-0.4, -0.2) is 9.78 Å². The van der Waals surface area contributed by atoms with Gasteiger partial charge < -0.3 is 0 Å². The first-order chi connectivity index (χ1) is 8.04. The molecule has 0 amide bonds. The van der Waals surface area contributed by atoms with Crippen LogP contribution in [0.1, 0.15) is 17.0 Å². The van der Waals surface area contributed by atoms with Crippen molar-refractivity contribution >= 4 is 43.5 Å². The predicted molar refractivity (Wildman–Crippen MR) is 78.0 cm³/mol. The van der Waals surface area contributed by atoms with E-state index in [0.29, 0.717) is 5.88 Å². The second-order valence-electron chi connectivity index (χ2n) is 3.81. The highest BCUT2D eigenvalue weighted by Crippen LogP contribution is 2.26. The summed E-state index contributed by atoms with van der Waals surface area (Å²) in [6, 6.07) is 6.06. The maximum absolute atomic E-state index is 5.83. The summed E-state index contributed by atoms with van der Waals surface area (Å²) in [5.74, 6) is 0.502. The first-order valence-corrected chi connectivity index (χ1v) is 7.23. The number of hydrogen-bond acceptors (Lipinski definition) is 1. The summed E-state index contributed by atoms with van der Waals surface area (Å²) in [4.78, 5) is 0. The summed E-state index contributed by atoms with van der Waals surface area (Å²) in [6.45, 7) is 4.02. The number of halogens is 3. The van der Waals surface area contributed by atoms with Crippen LogP contribution < -0.4 is 0 Å². The molecule has 0 N–H and O–H groups in total. The molecule has 0 fully saturated rings. The first-order valence-electron chi connectivity index (χ1n) is 5.11. The molecule has 0 bridgehead atoms. The van der Waals surface area contributed by atoms with Crippen LogP contribution >= 0.6 is 43.5 Å². The number of aryl methyl sites for hydroxylation is 1. The molecule has 2 nitrogen and oxygen atoms in total. The van der Waals surface area contributed by atoms with Crippen LogP contribution in [0.2, 0.25) is 0 Å². The van der Waals surface area contributed by atoms with Gasteiger partial charge in [-0.1, -0.05) is 22.0 Å². The molecule has 0 unspecified atom stereocenters. The van der Waals surface area contributed by atoms with Crippen molar-refractivity contribution in [2.75, 3.05) is 0 Å². The molecule has 0 atom stereocenters. The molecule has 0 saturated carbocycles. The number of hydrogen-bond donors (Lipinski definition) is 0. The van der Waals surface area contributed by atoms with Crippen molar-refractivity contribution < 1.29 is 0 Å². The van der Waals surface area contributed by atoms with Crippen molar-refractivity contribution in [3.05, 3.63) is 44.1 Å². The lowest BCUT2D eigenvalue weighted by atomic mass is 10.2. The molecule has 90 valence electrons. The molecule has 0 aliphatic heterocycles. The molecule has 1 aromatic heterocycles. The van der Waals surface area contributed by atoms with E-state index in [1.807, 2.05) is 36.7 Å². The van der Waals surface area contributed by atoms with E-state index in [4.69, 9.17) is 11.6 Å². The van der Waals surface area contributed by atoms with Gasteiger partial charge in [0.1, 0.15) is 0 Å². The van der Waals surface area contributed by atoms with Gasteiger partial charge in [-0.15, -0.1) is 11.6 Å². The zero-order chi connectivity index (χ0) is 12.6. The largest absolute Gasteiger partial charge is 0.237 e. The molecule has 0 spiro atoms. The van der Waals surface area contributed by atoms with E-state index < -0.39 is 0 Å². The van der Waals surface area contributed by atoms with Gasteiger partial charge in [-0.05, 0) is 47.5 Å². The van der Waals surface area contributed by atoms with E-state index in [-0.39, 0.29) is 0 Å². The minimum atomic E-state index is 0.502. The lowest BCUT2D eigenvalue weighted by Gasteiger charge is -2.07. The molecule has 0 aliphatic carbocycles. The van der Waals surface area contributed by atoms with Crippen LogP contribution in [0.5, 0.6) is 0 Å².